The summed E-state index contributed by atoms with van der Waals surface area (Å²) in [6.45, 7) is 12.2. The fourth-order valence-corrected chi connectivity index (χ4v) is 3.07. The van der Waals surface area contributed by atoms with Gasteiger partial charge in [-0.25, -0.2) is 4.98 Å². The SMILES string of the molecule is CCN(CC)c1nc(N)c(C(=O)NC(C)CCC(C)C)s1. The first kappa shape index (κ1) is 17.8. The van der Waals surface area contributed by atoms with Crippen molar-refractivity contribution in [2.24, 2.45) is 5.92 Å². The summed E-state index contributed by atoms with van der Waals surface area (Å²) in [5, 5.41) is 3.83. The molecule has 0 spiro atoms. The van der Waals surface area contributed by atoms with Gasteiger partial charge >= 0.3 is 0 Å². The molecular formula is C15H28N4OS. The number of amides is 1. The fourth-order valence-electron chi connectivity index (χ4n) is 2.06. The van der Waals surface area contributed by atoms with Crippen LogP contribution in [0, 0.1) is 5.92 Å². The molecule has 6 heteroatoms. The van der Waals surface area contributed by atoms with Crippen molar-refractivity contribution in [3.05, 3.63) is 4.88 Å². The van der Waals surface area contributed by atoms with Crippen LogP contribution in [-0.2, 0) is 0 Å². The van der Waals surface area contributed by atoms with Gasteiger partial charge in [0.25, 0.3) is 5.91 Å². The van der Waals surface area contributed by atoms with Crippen LogP contribution in [0.5, 0.6) is 0 Å². The minimum Gasteiger partial charge on any atom is -0.382 e. The first-order chi connectivity index (χ1) is 9.88. The van der Waals surface area contributed by atoms with E-state index in [9.17, 15) is 4.79 Å². The van der Waals surface area contributed by atoms with Crippen LogP contribution in [-0.4, -0.2) is 30.0 Å². The summed E-state index contributed by atoms with van der Waals surface area (Å²) in [6.07, 6.45) is 2.08. The standard InChI is InChI=1S/C15H28N4OS/c1-6-19(7-2)15-18-13(16)12(21-15)14(20)17-11(5)9-8-10(3)4/h10-11H,6-9,16H2,1-5H3,(H,17,20). The van der Waals surface area contributed by atoms with Crippen LogP contribution in [0.4, 0.5) is 10.9 Å². The molecule has 0 aliphatic carbocycles. The molecule has 1 atom stereocenters. The number of thiazole rings is 1. The quantitative estimate of drug-likeness (QED) is 0.773. The van der Waals surface area contributed by atoms with Crippen LogP contribution in [0.15, 0.2) is 0 Å². The van der Waals surface area contributed by atoms with Gasteiger partial charge in [-0.2, -0.15) is 0 Å². The number of hydrogen-bond donors (Lipinski definition) is 2. The van der Waals surface area contributed by atoms with E-state index in [1.54, 1.807) is 0 Å². The highest BCUT2D eigenvalue weighted by Crippen LogP contribution is 2.28. The molecule has 0 radical (unpaired) electrons. The molecule has 0 aliphatic heterocycles. The maximum atomic E-state index is 12.3. The minimum absolute atomic E-state index is 0.111. The van der Waals surface area contributed by atoms with Crippen molar-refractivity contribution in [3.63, 3.8) is 0 Å². The van der Waals surface area contributed by atoms with Gasteiger partial charge in [0.15, 0.2) is 5.13 Å². The highest BCUT2D eigenvalue weighted by atomic mass is 32.1. The molecule has 0 saturated carbocycles. The Morgan fingerprint density at radius 3 is 2.43 bits per heavy atom. The van der Waals surface area contributed by atoms with Gasteiger partial charge < -0.3 is 16.0 Å². The normalized spacial score (nSPS) is 12.5. The Labute approximate surface area is 131 Å². The van der Waals surface area contributed by atoms with E-state index >= 15 is 0 Å². The number of nitrogens with two attached hydrogens (primary N) is 1. The second kappa shape index (κ2) is 8.22. The van der Waals surface area contributed by atoms with E-state index < -0.39 is 0 Å². The lowest BCUT2D eigenvalue weighted by molar-refractivity contribution is 0.0942. The Balaban J connectivity index is 2.70. The third-order valence-corrected chi connectivity index (χ3v) is 4.57. The summed E-state index contributed by atoms with van der Waals surface area (Å²) in [5.41, 5.74) is 5.90. The van der Waals surface area contributed by atoms with Crippen LogP contribution < -0.4 is 16.0 Å². The number of nitrogens with one attached hydrogen (secondary N) is 1. The lowest BCUT2D eigenvalue weighted by Crippen LogP contribution is -2.32. The lowest BCUT2D eigenvalue weighted by atomic mass is 10.0. The minimum atomic E-state index is -0.111. The Morgan fingerprint density at radius 1 is 1.29 bits per heavy atom. The van der Waals surface area contributed by atoms with Crippen molar-refractivity contribution in [2.75, 3.05) is 23.7 Å². The maximum absolute atomic E-state index is 12.3. The van der Waals surface area contributed by atoms with Crippen LogP contribution in [0.2, 0.25) is 0 Å². The van der Waals surface area contributed by atoms with E-state index in [1.165, 1.54) is 11.3 Å². The zero-order chi connectivity index (χ0) is 16.0. The van der Waals surface area contributed by atoms with Crippen LogP contribution in [0.3, 0.4) is 0 Å². The molecule has 3 N–H and O–H groups in total. The molecule has 0 fully saturated rings. The van der Waals surface area contributed by atoms with Crippen molar-refractivity contribution in [1.29, 1.82) is 0 Å². The van der Waals surface area contributed by atoms with Crippen molar-refractivity contribution >= 4 is 28.2 Å². The molecule has 0 aromatic carbocycles. The number of hydrogen-bond acceptors (Lipinski definition) is 5. The van der Waals surface area contributed by atoms with Crippen LogP contribution >= 0.6 is 11.3 Å². The van der Waals surface area contributed by atoms with Crippen molar-refractivity contribution < 1.29 is 4.79 Å². The summed E-state index contributed by atoms with van der Waals surface area (Å²) in [6, 6.07) is 0.151. The van der Waals surface area contributed by atoms with Gasteiger partial charge in [-0.15, -0.1) is 0 Å². The lowest BCUT2D eigenvalue weighted by Gasteiger charge is -2.16. The first-order valence-corrected chi connectivity index (χ1v) is 8.52. The molecule has 1 unspecified atom stereocenters. The second-order valence-electron chi connectivity index (χ2n) is 5.73. The topological polar surface area (TPSA) is 71.2 Å². The molecular weight excluding hydrogens is 284 g/mol. The number of carbonyl (C=O) groups is 1. The average Bonchev–Trinajstić information content (AvgIpc) is 2.80. The van der Waals surface area contributed by atoms with Gasteiger partial charge in [-0.3, -0.25) is 4.79 Å². The third-order valence-electron chi connectivity index (χ3n) is 3.44. The molecule has 1 amide bonds. The predicted octanol–water partition coefficient (Wildman–Crippen LogP) is 3.13. The molecule has 21 heavy (non-hydrogen) atoms. The molecule has 0 aliphatic rings. The Hall–Kier alpha value is -1.30. The highest BCUT2D eigenvalue weighted by molar-refractivity contribution is 7.18. The molecule has 1 aromatic rings. The molecule has 1 rings (SSSR count). The Morgan fingerprint density at radius 2 is 1.90 bits per heavy atom. The number of nitrogen functional groups attached to an aromatic ring is 1. The predicted molar refractivity (Wildman–Crippen MR) is 91.1 cm³/mol. The molecule has 1 heterocycles. The molecule has 0 bridgehead atoms. The Bertz CT molecular complexity index is 455. The van der Waals surface area contributed by atoms with Gasteiger partial charge in [-0.1, -0.05) is 25.2 Å². The highest BCUT2D eigenvalue weighted by Gasteiger charge is 2.19. The monoisotopic (exact) mass is 312 g/mol. The summed E-state index contributed by atoms with van der Waals surface area (Å²) in [4.78, 5) is 19.2. The molecule has 120 valence electrons. The number of nitrogens with zero attached hydrogens (tertiary/aromatic N) is 2. The Kier molecular flexibility index (Phi) is 6.95. The molecule has 5 nitrogen and oxygen atoms in total. The van der Waals surface area contributed by atoms with E-state index in [2.05, 4.69) is 42.9 Å². The maximum Gasteiger partial charge on any atom is 0.265 e. The van der Waals surface area contributed by atoms with E-state index in [4.69, 9.17) is 5.73 Å². The zero-order valence-corrected chi connectivity index (χ0v) is 14.6. The van der Waals surface area contributed by atoms with Gasteiger partial charge in [0.2, 0.25) is 0 Å². The smallest absolute Gasteiger partial charge is 0.265 e. The number of carbonyl (C=O) groups excluding carboxylic acids is 1. The summed E-state index contributed by atoms with van der Waals surface area (Å²) < 4.78 is 0. The largest absolute Gasteiger partial charge is 0.382 e. The number of aromatic nitrogens is 1. The van der Waals surface area contributed by atoms with Crippen molar-refractivity contribution in [2.45, 2.75) is 53.5 Å². The molecule has 0 saturated heterocycles. The number of rotatable bonds is 8. The van der Waals surface area contributed by atoms with Crippen molar-refractivity contribution in [1.82, 2.24) is 10.3 Å². The summed E-state index contributed by atoms with van der Waals surface area (Å²) in [7, 11) is 0. The first-order valence-electron chi connectivity index (χ1n) is 7.71. The summed E-state index contributed by atoms with van der Waals surface area (Å²) in [5.74, 6) is 0.863. The zero-order valence-electron chi connectivity index (χ0n) is 13.8. The van der Waals surface area contributed by atoms with Crippen LogP contribution in [0.1, 0.15) is 57.1 Å². The van der Waals surface area contributed by atoms with Gasteiger partial charge in [0.1, 0.15) is 10.7 Å². The van der Waals surface area contributed by atoms with Gasteiger partial charge in [0.05, 0.1) is 0 Å². The molecule has 1 aromatic heterocycles. The van der Waals surface area contributed by atoms with E-state index in [0.717, 1.165) is 31.1 Å². The fraction of sp³-hybridized carbons (Fsp3) is 0.733. The average molecular weight is 312 g/mol. The van der Waals surface area contributed by atoms with Gasteiger partial charge in [-0.05, 0) is 39.5 Å². The van der Waals surface area contributed by atoms with E-state index in [-0.39, 0.29) is 11.9 Å². The van der Waals surface area contributed by atoms with Crippen LogP contribution in [0.25, 0.3) is 0 Å². The van der Waals surface area contributed by atoms with E-state index in [1.807, 2.05) is 6.92 Å². The van der Waals surface area contributed by atoms with Crippen molar-refractivity contribution in [3.8, 4) is 0 Å². The summed E-state index contributed by atoms with van der Waals surface area (Å²) >= 11 is 1.37. The van der Waals surface area contributed by atoms with Gasteiger partial charge in [0, 0.05) is 19.1 Å². The van der Waals surface area contributed by atoms with E-state index in [0.29, 0.717) is 16.6 Å². The number of anilines is 2. The third kappa shape index (κ3) is 5.19. The second-order valence-corrected chi connectivity index (χ2v) is 6.71.